The quantitative estimate of drug-likeness (QED) is 0.732. The fourth-order valence-corrected chi connectivity index (χ4v) is 2.12. The summed E-state index contributed by atoms with van der Waals surface area (Å²) in [6.45, 7) is 3.81. The van der Waals surface area contributed by atoms with E-state index in [0.29, 0.717) is 6.42 Å². The van der Waals surface area contributed by atoms with Crippen molar-refractivity contribution in [2.45, 2.75) is 58.0 Å². The molecule has 5 heteroatoms. The molecular weight excluding hydrogens is 232 g/mol. The first-order valence-corrected chi connectivity index (χ1v) is 6.75. The Morgan fingerprint density at radius 1 is 1.33 bits per heavy atom. The number of hydrogen-bond acceptors (Lipinski definition) is 2. The molecule has 1 rings (SSSR count). The van der Waals surface area contributed by atoms with Gasteiger partial charge < -0.3 is 15.3 Å². The minimum absolute atomic E-state index is 0.166. The van der Waals surface area contributed by atoms with Gasteiger partial charge in [-0.3, -0.25) is 0 Å². The molecule has 0 aromatic carbocycles. The van der Waals surface area contributed by atoms with Crippen molar-refractivity contribution < 1.29 is 14.7 Å². The average molecular weight is 256 g/mol. The van der Waals surface area contributed by atoms with Gasteiger partial charge in [-0.1, -0.05) is 26.7 Å². The Balaban J connectivity index is 2.47. The average Bonchev–Trinajstić information content (AvgIpc) is 3.12. The molecule has 0 aromatic rings. The molecule has 1 aliphatic carbocycles. The maximum Gasteiger partial charge on any atom is 0.326 e. The summed E-state index contributed by atoms with van der Waals surface area (Å²) in [5, 5.41) is 11.9. The van der Waals surface area contributed by atoms with E-state index in [1.807, 2.05) is 6.92 Å². The minimum atomic E-state index is -0.953. The molecular formula is C13H24N2O3. The van der Waals surface area contributed by atoms with Gasteiger partial charge in [0, 0.05) is 13.1 Å². The number of urea groups is 1. The van der Waals surface area contributed by atoms with Gasteiger partial charge in [0.05, 0.1) is 0 Å². The number of rotatable bonds is 7. The summed E-state index contributed by atoms with van der Waals surface area (Å²) in [6, 6.07) is -0.862. The number of nitrogens with one attached hydrogen (secondary N) is 1. The first kappa shape index (κ1) is 14.8. The Morgan fingerprint density at radius 3 is 2.33 bits per heavy atom. The lowest BCUT2D eigenvalue weighted by Gasteiger charge is -2.27. The van der Waals surface area contributed by atoms with Crippen LogP contribution < -0.4 is 5.32 Å². The van der Waals surface area contributed by atoms with Crippen molar-refractivity contribution in [3.8, 4) is 0 Å². The zero-order valence-electron chi connectivity index (χ0n) is 11.5. The molecule has 1 fully saturated rings. The predicted molar refractivity (Wildman–Crippen MR) is 69.4 cm³/mol. The van der Waals surface area contributed by atoms with E-state index in [2.05, 4.69) is 5.32 Å². The molecule has 0 aliphatic heterocycles. The summed E-state index contributed by atoms with van der Waals surface area (Å²) in [7, 11) is 1.54. The number of hydrogen-bond donors (Lipinski definition) is 2. The monoisotopic (exact) mass is 256 g/mol. The van der Waals surface area contributed by atoms with Crippen molar-refractivity contribution >= 4 is 12.0 Å². The maximum atomic E-state index is 12.0. The van der Waals surface area contributed by atoms with Crippen LogP contribution in [0.1, 0.15) is 46.0 Å². The Morgan fingerprint density at radius 2 is 1.94 bits per heavy atom. The Bertz CT molecular complexity index is 303. The van der Waals surface area contributed by atoms with Crippen LogP contribution in [0.2, 0.25) is 0 Å². The molecule has 0 heterocycles. The van der Waals surface area contributed by atoms with Crippen molar-refractivity contribution in [3.05, 3.63) is 0 Å². The fraction of sp³-hybridized carbons (Fsp3) is 0.846. The third-order valence-corrected chi connectivity index (χ3v) is 3.59. The van der Waals surface area contributed by atoms with E-state index in [1.165, 1.54) is 17.7 Å². The summed E-state index contributed by atoms with van der Waals surface area (Å²) >= 11 is 0. The van der Waals surface area contributed by atoms with Crippen LogP contribution in [-0.2, 0) is 4.79 Å². The number of carboxylic acid groups (broad SMARTS) is 1. The standard InChI is InChI=1S/C13H24N2O3/c1-4-10(8-9-6-7-9)14-13(18)15(3)11(5-2)12(16)17/h9-11H,4-8H2,1-3H3,(H,14,18)(H,16,17). The zero-order valence-corrected chi connectivity index (χ0v) is 11.5. The number of amides is 2. The SMILES string of the molecule is CCC(CC1CC1)NC(=O)N(C)C(CC)C(=O)O. The van der Waals surface area contributed by atoms with Gasteiger partial charge in [-0.15, -0.1) is 0 Å². The van der Waals surface area contributed by atoms with E-state index in [0.717, 1.165) is 18.8 Å². The van der Waals surface area contributed by atoms with Crippen LogP contribution in [0.25, 0.3) is 0 Å². The molecule has 2 amide bonds. The van der Waals surface area contributed by atoms with Gasteiger partial charge in [0.25, 0.3) is 0 Å². The Labute approximate surface area is 109 Å². The molecule has 2 atom stereocenters. The molecule has 0 saturated heterocycles. The summed E-state index contributed by atoms with van der Waals surface area (Å²) in [6.07, 6.45) is 4.84. The van der Waals surface area contributed by atoms with E-state index in [4.69, 9.17) is 5.11 Å². The second kappa shape index (κ2) is 6.61. The lowest BCUT2D eigenvalue weighted by atomic mass is 10.1. The van der Waals surface area contributed by atoms with E-state index in [-0.39, 0.29) is 12.1 Å². The number of aliphatic carboxylic acids is 1. The van der Waals surface area contributed by atoms with Crippen molar-refractivity contribution in [1.29, 1.82) is 0 Å². The van der Waals surface area contributed by atoms with Crippen LogP contribution in [0, 0.1) is 5.92 Å². The van der Waals surface area contributed by atoms with E-state index in [9.17, 15) is 9.59 Å². The molecule has 0 bridgehead atoms. The van der Waals surface area contributed by atoms with Crippen molar-refractivity contribution in [1.82, 2.24) is 10.2 Å². The molecule has 5 nitrogen and oxygen atoms in total. The second-order valence-corrected chi connectivity index (χ2v) is 5.11. The minimum Gasteiger partial charge on any atom is -0.480 e. The van der Waals surface area contributed by atoms with Crippen LogP contribution in [0.4, 0.5) is 4.79 Å². The van der Waals surface area contributed by atoms with Crippen LogP contribution in [-0.4, -0.2) is 41.1 Å². The fourth-order valence-electron chi connectivity index (χ4n) is 2.12. The highest BCUT2D eigenvalue weighted by Gasteiger charge is 2.28. The molecule has 2 N–H and O–H groups in total. The summed E-state index contributed by atoms with van der Waals surface area (Å²) in [5.41, 5.74) is 0. The third kappa shape index (κ3) is 4.20. The lowest BCUT2D eigenvalue weighted by Crippen LogP contribution is -2.49. The molecule has 1 aliphatic rings. The number of carboxylic acids is 1. The summed E-state index contributed by atoms with van der Waals surface area (Å²) < 4.78 is 0. The normalized spacial score (nSPS) is 17.9. The first-order chi connectivity index (χ1) is 8.49. The van der Waals surface area contributed by atoms with E-state index >= 15 is 0 Å². The molecule has 2 unspecified atom stereocenters. The van der Waals surface area contributed by atoms with Crippen LogP contribution in [0.3, 0.4) is 0 Å². The Hall–Kier alpha value is -1.26. The number of carbonyl (C=O) groups excluding carboxylic acids is 1. The van der Waals surface area contributed by atoms with Gasteiger partial charge in [-0.05, 0) is 25.2 Å². The van der Waals surface area contributed by atoms with Gasteiger partial charge in [0.2, 0.25) is 0 Å². The molecule has 1 saturated carbocycles. The van der Waals surface area contributed by atoms with Crippen molar-refractivity contribution in [3.63, 3.8) is 0 Å². The molecule has 0 aromatic heterocycles. The van der Waals surface area contributed by atoms with Gasteiger partial charge in [0.15, 0.2) is 0 Å². The second-order valence-electron chi connectivity index (χ2n) is 5.11. The van der Waals surface area contributed by atoms with Crippen LogP contribution in [0.15, 0.2) is 0 Å². The topological polar surface area (TPSA) is 69.6 Å². The van der Waals surface area contributed by atoms with Gasteiger partial charge >= 0.3 is 12.0 Å². The number of likely N-dealkylation sites (N-methyl/N-ethyl adjacent to an activating group) is 1. The number of carbonyl (C=O) groups is 2. The van der Waals surface area contributed by atoms with E-state index in [1.54, 1.807) is 14.0 Å². The highest BCUT2D eigenvalue weighted by molar-refractivity contribution is 5.82. The van der Waals surface area contributed by atoms with Crippen molar-refractivity contribution in [2.24, 2.45) is 5.92 Å². The largest absolute Gasteiger partial charge is 0.480 e. The van der Waals surface area contributed by atoms with Gasteiger partial charge in [-0.2, -0.15) is 0 Å². The smallest absolute Gasteiger partial charge is 0.326 e. The van der Waals surface area contributed by atoms with Crippen LogP contribution in [0.5, 0.6) is 0 Å². The van der Waals surface area contributed by atoms with Crippen LogP contribution >= 0.6 is 0 Å². The lowest BCUT2D eigenvalue weighted by molar-refractivity contribution is -0.141. The third-order valence-electron chi connectivity index (χ3n) is 3.59. The molecule has 0 radical (unpaired) electrons. The van der Waals surface area contributed by atoms with Gasteiger partial charge in [-0.25, -0.2) is 9.59 Å². The molecule has 0 spiro atoms. The van der Waals surface area contributed by atoms with E-state index < -0.39 is 12.0 Å². The number of nitrogens with zero attached hydrogens (tertiary/aromatic N) is 1. The van der Waals surface area contributed by atoms with Gasteiger partial charge in [0.1, 0.15) is 6.04 Å². The highest BCUT2D eigenvalue weighted by atomic mass is 16.4. The molecule has 18 heavy (non-hydrogen) atoms. The van der Waals surface area contributed by atoms with Crippen molar-refractivity contribution in [2.75, 3.05) is 7.05 Å². The first-order valence-electron chi connectivity index (χ1n) is 6.75. The summed E-state index contributed by atoms with van der Waals surface area (Å²) in [5.74, 6) is -0.201. The highest BCUT2D eigenvalue weighted by Crippen LogP contribution is 2.34. The zero-order chi connectivity index (χ0) is 13.7. The predicted octanol–water partition coefficient (Wildman–Crippen LogP) is 2.07. The Kier molecular flexibility index (Phi) is 5.44. The molecule has 104 valence electrons. The summed E-state index contributed by atoms with van der Waals surface area (Å²) in [4.78, 5) is 24.3. The maximum absolute atomic E-state index is 12.0.